The molecule has 2 heterocycles. The topological polar surface area (TPSA) is 104 Å². The highest BCUT2D eigenvalue weighted by Crippen LogP contribution is 2.26. The molecule has 1 saturated heterocycles. The van der Waals surface area contributed by atoms with Gasteiger partial charge in [0.2, 0.25) is 5.91 Å². The van der Waals surface area contributed by atoms with E-state index in [0.29, 0.717) is 24.7 Å². The first-order valence-corrected chi connectivity index (χ1v) is 8.79. The number of non-ortho nitro benzene ring substituents is 1. The lowest BCUT2D eigenvalue weighted by Crippen LogP contribution is -2.48. The van der Waals surface area contributed by atoms with E-state index < -0.39 is 4.92 Å². The molecule has 27 heavy (non-hydrogen) atoms. The van der Waals surface area contributed by atoms with E-state index in [2.05, 4.69) is 15.3 Å². The summed E-state index contributed by atoms with van der Waals surface area (Å²) < 4.78 is 0. The number of amides is 1. The number of hydrogen-bond acceptors (Lipinski definition) is 7. The van der Waals surface area contributed by atoms with Gasteiger partial charge in [-0.2, -0.15) is 0 Å². The summed E-state index contributed by atoms with van der Waals surface area (Å²) >= 11 is 0. The molecule has 0 saturated carbocycles. The minimum atomic E-state index is -0.399. The third-order valence-electron chi connectivity index (χ3n) is 4.65. The average Bonchev–Trinajstić information content (AvgIpc) is 2.68. The minimum absolute atomic E-state index is 0.0531. The van der Waals surface area contributed by atoms with Gasteiger partial charge in [0.1, 0.15) is 18.0 Å². The number of carbonyl (C=O) groups is 1. The van der Waals surface area contributed by atoms with E-state index >= 15 is 0 Å². The number of nitro groups is 1. The number of hydrogen-bond donors (Lipinski definition) is 1. The standard InChI is InChI=1S/C18H22N6O3/c1-3-15(13-5-4-6-14(9-13)24(26)27)21-16-10-17(20-12-19-16)23-8-7-22(2)18(25)11-23/h4-6,9-10,12,15H,3,7-8,11H2,1-2H3,(H,19,20,21). The Morgan fingerprint density at radius 2 is 2.11 bits per heavy atom. The molecule has 9 nitrogen and oxygen atoms in total. The van der Waals surface area contributed by atoms with E-state index in [-0.39, 0.29) is 24.2 Å². The van der Waals surface area contributed by atoms with Crippen molar-refractivity contribution in [1.82, 2.24) is 14.9 Å². The second-order valence-electron chi connectivity index (χ2n) is 6.46. The zero-order chi connectivity index (χ0) is 19.4. The van der Waals surface area contributed by atoms with Crippen molar-refractivity contribution in [1.29, 1.82) is 0 Å². The molecular formula is C18H22N6O3. The third-order valence-corrected chi connectivity index (χ3v) is 4.65. The maximum absolute atomic E-state index is 11.9. The summed E-state index contributed by atoms with van der Waals surface area (Å²) in [5.41, 5.74) is 0.883. The van der Waals surface area contributed by atoms with Crippen molar-refractivity contribution in [3.05, 3.63) is 52.3 Å². The summed E-state index contributed by atoms with van der Waals surface area (Å²) in [4.78, 5) is 34.7. The lowest BCUT2D eigenvalue weighted by atomic mass is 10.0. The molecule has 9 heteroatoms. The molecule has 1 N–H and O–H groups in total. The van der Waals surface area contributed by atoms with Crippen LogP contribution in [0.15, 0.2) is 36.7 Å². The molecule has 1 amide bonds. The molecule has 1 aromatic carbocycles. The van der Waals surface area contributed by atoms with Gasteiger partial charge in [0.25, 0.3) is 5.69 Å². The maximum atomic E-state index is 11.9. The first-order chi connectivity index (χ1) is 13.0. The highest BCUT2D eigenvalue weighted by Gasteiger charge is 2.22. The van der Waals surface area contributed by atoms with Gasteiger partial charge < -0.3 is 15.1 Å². The van der Waals surface area contributed by atoms with Gasteiger partial charge in [-0.05, 0) is 12.0 Å². The van der Waals surface area contributed by atoms with Crippen LogP contribution in [0.3, 0.4) is 0 Å². The highest BCUT2D eigenvalue weighted by atomic mass is 16.6. The zero-order valence-electron chi connectivity index (χ0n) is 15.3. The maximum Gasteiger partial charge on any atom is 0.269 e. The number of nitrogens with zero attached hydrogens (tertiary/aromatic N) is 5. The quantitative estimate of drug-likeness (QED) is 0.614. The molecule has 0 aliphatic carbocycles. The first kappa shape index (κ1) is 18.6. The SMILES string of the molecule is CCC(Nc1cc(N2CCN(C)C(=O)C2)ncn1)c1cccc([N+](=O)[O-])c1. The molecule has 1 fully saturated rings. The molecule has 0 spiro atoms. The lowest BCUT2D eigenvalue weighted by molar-refractivity contribution is -0.384. The van der Waals surface area contributed by atoms with Crippen molar-refractivity contribution in [2.45, 2.75) is 19.4 Å². The van der Waals surface area contributed by atoms with Crippen LogP contribution in [0.2, 0.25) is 0 Å². The number of likely N-dealkylation sites (N-methyl/N-ethyl adjacent to an activating group) is 1. The molecule has 1 aromatic heterocycles. The number of nitro benzene ring substituents is 1. The number of rotatable bonds is 6. The Morgan fingerprint density at radius 3 is 2.81 bits per heavy atom. The van der Waals surface area contributed by atoms with Crippen molar-refractivity contribution in [3.63, 3.8) is 0 Å². The third kappa shape index (κ3) is 4.30. The number of nitrogens with one attached hydrogen (secondary N) is 1. The summed E-state index contributed by atoms with van der Waals surface area (Å²) in [5, 5.41) is 14.3. The van der Waals surface area contributed by atoms with E-state index in [9.17, 15) is 14.9 Å². The summed E-state index contributed by atoms with van der Waals surface area (Å²) in [6, 6.07) is 8.26. The van der Waals surface area contributed by atoms with Crippen molar-refractivity contribution in [3.8, 4) is 0 Å². The number of carbonyl (C=O) groups excluding carboxylic acids is 1. The predicted octanol–water partition coefficient (Wildman–Crippen LogP) is 2.23. The van der Waals surface area contributed by atoms with Crippen molar-refractivity contribution < 1.29 is 9.72 Å². The Kier molecular flexibility index (Phi) is 5.49. The molecule has 0 bridgehead atoms. The molecule has 1 atom stereocenters. The van der Waals surface area contributed by atoms with Gasteiger partial charge in [-0.15, -0.1) is 0 Å². The van der Waals surface area contributed by atoms with E-state index in [1.165, 1.54) is 12.4 Å². The Hall–Kier alpha value is -3.23. The van der Waals surface area contributed by atoms with Crippen molar-refractivity contribution in [2.24, 2.45) is 0 Å². The van der Waals surface area contributed by atoms with Crippen LogP contribution >= 0.6 is 0 Å². The number of benzene rings is 1. The number of anilines is 2. The van der Waals surface area contributed by atoms with Gasteiger partial charge in [-0.3, -0.25) is 14.9 Å². The van der Waals surface area contributed by atoms with Gasteiger partial charge in [0.05, 0.1) is 17.5 Å². The fourth-order valence-electron chi connectivity index (χ4n) is 3.01. The molecule has 0 radical (unpaired) electrons. The van der Waals surface area contributed by atoms with Crippen LogP contribution in [0.1, 0.15) is 24.9 Å². The van der Waals surface area contributed by atoms with Crippen LogP contribution in [-0.4, -0.2) is 52.4 Å². The monoisotopic (exact) mass is 370 g/mol. The summed E-state index contributed by atoms with van der Waals surface area (Å²) in [7, 11) is 1.79. The summed E-state index contributed by atoms with van der Waals surface area (Å²) in [6.45, 7) is 3.64. The van der Waals surface area contributed by atoms with E-state index in [0.717, 1.165) is 12.0 Å². The van der Waals surface area contributed by atoms with Crippen LogP contribution < -0.4 is 10.2 Å². The summed E-state index contributed by atoms with van der Waals surface area (Å²) in [5.74, 6) is 1.35. The minimum Gasteiger partial charge on any atom is -0.363 e. The second kappa shape index (κ2) is 7.98. The van der Waals surface area contributed by atoms with E-state index in [4.69, 9.17) is 0 Å². The van der Waals surface area contributed by atoms with Crippen LogP contribution in [0.4, 0.5) is 17.3 Å². The van der Waals surface area contributed by atoms with Crippen molar-refractivity contribution in [2.75, 3.05) is 36.9 Å². The van der Waals surface area contributed by atoms with Crippen LogP contribution in [0.5, 0.6) is 0 Å². The van der Waals surface area contributed by atoms with Crippen LogP contribution in [0.25, 0.3) is 0 Å². The van der Waals surface area contributed by atoms with Crippen LogP contribution in [0, 0.1) is 10.1 Å². The molecular weight excluding hydrogens is 348 g/mol. The Balaban J connectivity index is 1.77. The van der Waals surface area contributed by atoms with Crippen LogP contribution in [-0.2, 0) is 4.79 Å². The molecule has 2 aromatic rings. The highest BCUT2D eigenvalue weighted by molar-refractivity contribution is 5.82. The predicted molar refractivity (Wildman–Crippen MR) is 102 cm³/mol. The molecule has 1 aliphatic rings. The van der Waals surface area contributed by atoms with Gasteiger partial charge in [0.15, 0.2) is 0 Å². The molecule has 1 aliphatic heterocycles. The first-order valence-electron chi connectivity index (χ1n) is 8.79. The Bertz CT molecular complexity index is 843. The Labute approximate surface area is 157 Å². The molecule has 3 rings (SSSR count). The molecule has 1 unspecified atom stereocenters. The van der Waals surface area contributed by atoms with Gasteiger partial charge in [-0.1, -0.05) is 19.1 Å². The zero-order valence-corrected chi connectivity index (χ0v) is 15.3. The lowest BCUT2D eigenvalue weighted by Gasteiger charge is -2.32. The van der Waals surface area contributed by atoms with Gasteiger partial charge in [0, 0.05) is 38.3 Å². The number of aromatic nitrogens is 2. The van der Waals surface area contributed by atoms with E-state index in [1.807, 2.05) is 17.9 Å². The van der Waals surface area contributed by atoms with Crippen molar-refractivity contribution >= 4 is 23.2 Å². The van der Waals surface area contributed by atoms with E-state index in [1.54, 1.807) is 30.1 Å². The van der Waals surface area contributed by atoms with Gasteiger partial charge >= 0.3 is 0 Å². The average molecular weight is 370 g/mol. The fraction of sp³-hybridized carbons (Fsp3) is 0.389. The normalized spacial score (nSPS) is 15.6. The molecule has 142 valence electrons. The Morgan fingerprint density at radius 1 is 1.30 bits per heavy atom. The summed E-state index contributed by atoms with van der Waals surface area (Å²) in [6.07, 6.45) is 2.19. The fourth-order valence-corrected chi connectivity index (χ4v) is 3.01. The largest absolute Gasteiger partial charge is 0.363 e. The smallest absolute Gasteiger partial charge is 0.269 e. The van der Waals surface area contributed by atoms with Gasteiger partial charge in [-0.25, -0.2) is 9.97 Å². The second-order valence-corrected chi connectivity index (χ2v) is 6.46. The number of piperazine rings is 1.